The van der Waals surface area contributed by atoms with Gasteiger partial charge in [-0.25, -0.2) is 4.98 Å². The molecule has 0 spiro atoms. The number of nitriles is 1. The number of pyridine rings is 1. The molecule has 0 atom stereocenters. The van der Waals surface area contributed by atoms with Crippen molar-refractivity contribution in [2.45, 2.75) is 0 Å². The highest BCUT2D eigenvalue weighted by Crippen LogP contribution is 2.27. The van der Waals surface area contributed by atoms with E-state index in [1.807, 2.05) is 48.5 Å². The first-order valence-corrected chi connectivity index (χ1v) is 6.55. The van der Waals surface area contributed by atoms with Gasteiger partial charge in [-0.1, -0.05) is 29.8 Å². The quantitative estimate of drug-likeness (QED) is 0.484. The lowest BCUT2D eigenvalue weighted by Gasteiger charge is -2.04. The summed E-state index contributed by atoms with van der Waals surface area (Å²) in [7, 11) is 0. The van der Waals surface area contributed by atoms with Gasteiger partial charge in [0.05, 0.1) is 28.2 Å². The van der Waals surface area contributed by atoms with Crippen molar-refractivity contribution in [3.8, 4) is 6.07 Å². The van der Waals surface area contributed by atoms with Gasteiger partial charge in [-0.05, 0) is 30.3 Å². The predicted molar refractivity (Wildman–Crippen MR) is 79.9 cm³/mol. The Labute approximate surface area is 119 Å². The summed E-state index contributed by atoms with van der Waals surface area (Å²) in [6.45, 7) is 0. The average molecular weight is 278 g/mol. The molecule has 0 saturated heterocycles. The molecule has 0 radical (unpaired) electrons. The molecule has 20 heavy (non-hydrogen) atoms. The van der Waals surface area contributed by atoms with Gasteiger partial charge in [-0.2, -0.15) is 5.26 Å². The van der Waals surface area contributed by atoms with Crippen molar-refractivity contribution < 1.29 is 0 Å². The second kappa shape index (κ2) is 3.96. The largest absolute Gasteiger partial charge is 0.292 e. The molecule has 0 aliphatic heterocycles. The molecule has 0 aliphatic carbocycles. The maximum atomic E-state index is 9.31. The Morgan fingerprint density at radius 3 is 2.75 bits per heavy atom. The molecule has 0 N–H and O–H groups in total. The fraction of sp³-hybridized carbons (Fsp3) is 0. The second-order valence-electron chi connectivity index (χ2n) is 4.63. The molecule has 0 unspecified atom stereocenters. The maximum Gasteiger partial charge on any atom is 0.139 e. The van der Waals surface area contributed by atoms with Crippen molar-refractivity contribution in [2.75, 3.05) is 0 Å². The number of para-hydroxylation sites is 1. The summed E-state index contributed by atoms with van der Waals surface area (Å²) in [5, 5.41) is 10.9. The Hall–Kier alpha value is -2.57. The van der Waals surface area contributed by atoms with Crippen LogP contribution in [0.1, 0.15) is 5.56 Å². The lowest BCUT2D eigenvalue weighted by atomic mass is 10.1. The summed E-state index contributed by atoms with van der Waals surface area (Å²) in [6, 6.07) is 17.5. The van der Waals surface area contributed by atoms with Crippen LogP contribution in [0.25, 0.3) is 27.6 Å². The molecule has 4 heteroatoms. The van der Waals surface area contributed by atoms with Crippen molar-refractivity contribution in [1.82, 2.24) is 9.38 Å². The molecule has 0 fully saturated rings. The lowest BCUT2D eigenvalue weighted by molar-refractivity contribution is 1.29. The molecule has 94 valence electrons. The fourth-order valence-corrected chi connectivity index (χ4v) is 2.78. The third kappa shape index (κ3) is 1.43. The van der Waals surface area contributed by atoms with Gasteiger partial charge in [-0.3, -0.25) is 4.40 Å². The topological polar surface area (TPSA) is 41.1 Å². The monoisotopic (exact) mass is 277 g/mol. The zero-order chi connectivity index (χ0) is 13.7. The Balaban J connectivity index is 2.34. The van der Waals surface area contributed by atoms with Crippen LogP contribution in [0.2, 0.25) is 5.02 Å². The first kappa shape index (κ1) is 11.3. The van der Waals surface area contributed by atoms with Gasteiger partial charge in [0, 0.05) is 10.4 Å². The lowest BCUT2D eigenvalue weighted by Crippen LogP contribution is -1.91. The summed E-state index contributed by atoms with van der Waals surface area (Å²) in [5.41, 5.74) is 4.20. The molecule has 0 saturated carbocycles. The van der Waals surface area contributed by atoms with Crippen LogP contribution >= 0.6 is 11.6 Å². The molecule has 4 rings (SSSR count). The Kier molecular flexibility index (Phi) is 2.23. The van der Waals surface area contributed by atoms with Crippen molar-refractivity contribution in [3.05, 3.63) is 59.1 Å². The summed E-state index contributed by atoms with van der Waals surface area (Å²) in [5.74, 6) is 0. The van der Waals surface area contributed by atoms with Gasteiger partial charge in [0.15, 0.2) is 0 Å². The molecule has 0 bridgehead atoms. The van der Waals surface area contributed by atoms with Crippen molar-refractivity contribution in [1.29, 1.82) is 5.26 Å². The van der Waals surface area contributed by atoms with E-state index in [0.717, 1.165) is 27.6 Å². The summed E-state index contributed by atoms with van der Waals surface area (Å²) >= 11 is 6.02. The van der Waals surface area contributed by atoms with Gasteiger partial charge in [0.25, 0.3) is 0 Å². The molecule has 2 heterocycles. The first-order valence-electron chi connectivity index (χ1n) is 6.17. The number of aromatic nitrogens is 2. The summed E-state index contributed by atoms with van der Waals surface area (Å²) in [6.07, 6.45) is 0. The van der Waals surface area contributed by atoms with Crippen LogP contribution in [0.15, 0.2) is 48.5 Å². The van der Waals surface area contributed by atoms with Gasteiger partial charge in [0.1, 0.15) is 5.65 Å². The number of rotatable bonds is 0. The van der Waals surface area contributed by atoms with E-state index >= 15 is 0 Å². The van der Waals surface area contributed by atoms with E-state index < -0.39 is 0 Å². The van der Waals surface area contributed by atoms with Gasteiger partial charge in [-0.15, -0.1) is 0 Å². The molecule has 4 aromatic rings. The summed E-state index contributed by atoms with van der Waals surface area (Å²) in [4.78, 5) is 4.56. The molecule has 3 nitrogen and oxygen atoms in total. The molecular formula is C16H8ClN3. The van der Waals surface area contributed by atoms with E-state index in [9.17, 15) is 5.26 Å². The minimum absolute atomic E-state index is 0.634. The van der Waals surface area contributed by atoms with Gasteiger partial charge in [0.2, 0.25) is 0 Å². The SMILES string of the molecule is N#Cc1cc2nc3cc(Cl)ccc3n2c2ccccc12. The van der Waals surface area contributed by atoms with E-state index in [4.69, 9.17) is 11.6 Å². The number of benzene rings is 2. The highest BCUT2D eigenvalue weighted by atomic mass is 35.5. The molecule has 2 aromatic carbocycles. The van der Waals surface area contributed by atoms with Crippen LogP contribution in [0.3, 0.4) is 0 Å². The zero-order valence-electron chi connectivity index (χ0n) is 10.3. The minimum Gasteiger partial charge on any atom is -0.292 e. The van der Waals surface area contributed by atoms with Crippen LogP contribution in [0.5, 0.6) is 0 Å². The maximum absolute atomic E-state index is 9.31. The Morgan fingerprint density at radius 1 is 1.05 bits per heavy atom. The van der Waals surface area contributed by atoms with Crippen LogP contribution < -0.4 is 0 Å². The molecule has 2 aromatic heterocycles. The van der Waals surface area contributed by atoms with Crippen LogP contribution in [0, 0.1) is 11.3 Å². The van der Waals surface area contributed by atoms with E-state index in [2.05, 4.69) is 15.5 Å². The molecule has 0 amide bonds. The minimum atomic E-state index is 0.634. The summed E-state index contributed by atoms with van der Waals surface area (Å²) < 4.78 is 2.06. The zero-order valence-corrected chi connectivity index (χ0v) is 11.1. The van der Waals surface area contributed by atoms with Crippen molar-refractivity contribution >= 4 is 39.2 Å². The number of hydrogen-bond acceptors (Lipinski definition) is 2. The number of imidazole rings is 1. The number of fused-ring (bicyclic) bond motifs is 5. The van der Waals surface area contributed by atoms with E-state index in [0.29, 0.717) is 10.6 Å². The third-order valence-electron chi connectivity index (χ3n) is 3.47. The van der Waals surface area contributed by atoms with Gasteiger partial charge >= 0.3 is 0 Å². The van der Waals surface area contributed by atoms with Crippen molar-refractivity contribution in [2.24, 2.45) is 0 Å². The number of halogens is 1. The van der Waals surface area contributed by atoms with Crippen LogP contribution in [-0.4, -0.2) is 9.38 Å². The number of hydrogen-bond donors (Lipinski definition) is 0. The highest BCUT2D eigenvalue weighted by molar-refractivity contribution is 6.31. The second-order valence-corrected chi connectivity index (χ2v) is 5.06. The van der Waals surface area contributed by atoms with Crippen LogP contribution in [-0.2, 0) is 0 Å². The Bertz CT molecular complexity index is 1020. The first-order chi connectivity index (χ1) is 9.78. The average Bonchev–Trinajstić information content (AvgIpc) is 2.83. The third-order valence-corrected chi connectivity index (χ3v) is 3.71. The van der Waals surface area contributed by atoms with E-state index in [-0.39, 0.29) is 0 Å². The van der Waals surface area contributed by atoms with E-state index in [1.54, 1.807) is 0 Å². The Morgan fingerprint density at radius 2 is 1.90 bits per heavy atom. The standard InChI is InChI=1S/C16H8ClN3/c17-11-5-6-15-13(8-11)19-16-7-10(9-18)12-3-1-2-4-14(12)20(15)16/h1-8H. The normalized spacial score (nSPS) is 11.2. The number of nitrogens with zero attached hydrogens (tertiary/aromatic N) is 3. The van der Waals surface area contributed by atoms with Crippen molar-refractivity contribution in [3.63, 3.8) is 0 Å². The van der Waals surface area contributed by atoms with E-state index in [1.165, 1.54) is 0 Å². The molecule has 0 aliphatic rings. The fourth-order valence-electron chi connectivity index (χ4n) is 2.62. The predicted octanol–water partition coefficient (Wildman–Crippen LogP) is 4.17. The smallest absolute Gasteiger partial charge is 0.139 e. The van der Waals surface area contributed by atoms with Crippen LogP contribution in [0.4, 0.5) is 0 Å². The molecular weight excluding hydrogens is 270 g/mol. The van der Waals surface area contributed by atoms with Gasteiger partial charge < -0.3 is 0 Å². The highest BCUT2D eigenvalue weighted by Gasteiger charge is 2.11.